The Morgan fingerprint density at radius 3 is 1.97 bits per heavy atom. The van der Waals surface area contributed by atoms with Crippen LogP contribution in [0.15, 0.2) is 78.9 Å². The summed E-state index contributed by atoms with van der Waals surface area (Å²) in [4.78, 5) is 29.0. The van der Waals surface area contributed by atoms with Crippen molar-refractivity contribution in [3.8, 4) is 0 Å². The van der Waals surface area contributed by atoms with Gasteiger partial charge in [0.15, 0.2) is 0 Å². The second-order valence-electron chi connectivity index (χ2n) is 9.67. The topological polar surface area (TPSA) is 86.8 Å². The van der Waals surface area contributed by atoms with Crippen molar-refractivity contribution >= 4 is 50.7 Å². The third kappa shape index (κ3) is 8.71. The van der Waals surface area contributed by atoms with Gasteiger partial charge in [0.1, 0.15) is 12.6 Å². The van der Waals surface area contributed by atoms with Gasteiger partial charge in [0, 0.05) is 35.1 Å². The zero-order valence-corrected chi connectivity index (χ0v) is 24.5. The Labute approximate surface area is 240 Å². The molecule has 1 N–H and O–H groups in total. The Bertz CT molecular complexity index is 1350. The van der Waals surface area contributed by atoms with Gasteiger partial charge < -0.3 is 10.2 Å². The molecule has 0 radical (unpaired) electrons. The van der Waals surface area contributed by atoms with Crippen molar-refractivity contribution < 1.29 is 18.0 Å². The fourth-order valence-electron chi connectivity index (χ4n) is 4.04. The second kappa shape index (κ2) is 13.8. The average Bonchev–Trinajstić information content (AvgIpc) is 2.89. The molecule has 10 heteroatoms. The molecule has 0 saturated carbocycles. The van der Waals surface area contributed by atoms with Crippen molar-refractivity contribution in [2.24, 2.45) is 5.92 Å². The molecule has 1 atom stereocenters. The molecule has 0 aliphatic rings. The normalized spacial score (nSPS) is 12.2. The standard InChI is InChI=1S/C29H33Cl2N3O4S/c1-21(2)18-32-29(36)27(17-22-11-6-4-7-12-22)33(19-24-25(30)15-10-16-26(24)31)28(35)20-34(39(3,37)38)23-13-8-5-9-14-23/h4-16,21,27H,17-20H2,1-3H3,(H,32,36)/t27-/m0/s1. The molecule has 0 spiro atoms. The summed E-state index contributed by atoms with van der Waals surface area (Å²) < 4.78 is 26.6. The Hall–Kier alpha value is -3.07. The summed E-state index contributed by atoms with van der Waals surface area (Å²) in [5, 5.41) is 3.61. The van der Waals surface area contributed by atoms with Gasteiger partial charge in [0.25, 0.3) is 0 Å². The molecule has 0 unspecified atom stereocenters. The molecule has 0 heterocycles. The molecule has 0 saturated heterocycles. The highest BCUT2D eigenvalue weighted by molar-refractivity contribution is 7.92. The van der Waals surface area contributed by atoms with Crippen molar-refractivity contribution in [1.82, 2.24) is 10.2 Å². The van der Waals surface area contributed by atoms with Crippen LogP contribution in [0.4, 0.5) is 5.69 Å². The number of para-hydroxylation sites is 1. The number of sulfonamides is 1. The summed E-state index contributed by atoms with van der Waals surface area (Å²) in [5.74, 6) is -0.733. The first-order chi connectivity index (χ1) is 18.5. The van der Waals surface area contributed by atoms with Crippen molar-refractivity contribution in [3.63, 3.8) is 0 Å². The number of nitrogens with zero attached hydrogens (tertiary/aromatic N) is 2. The first kappa shape index (κ1) is 30.5. The number of hydrogen-bond donors (Lipinski definition) is 1. The van der Waals surface area contributed by atoms with Crippen LogP contribution in [0.1, 0.15) is 25.0 Å². The third-order valence-electron chi connectivity index (χ3n) is 6.07. The second-order valence-corrected chi connectivity index (χ2v) is 12.4. The van der Waals surface area contributed by atoms with E-state index in [1.807, 2.05) is 44.2 Å². The van der Waals surface area contributed by atoms with Crippen LogP contribution < -0.4 is 9.62 Å². The van der Waals surface area contributed by atoms with E-state index in [1.54, 1.807) is 48.5 Å². The third-order valence-corrected chi connectivity index (χ3v) is 7.92. The molecule has 3 rings (SSSR count). The Kier molecular flexibility index (Phi) is 10.8. The number of carbonyl (C=O) groups is 2. The highest BCUT2D eigenvalue weighted by Gasteiger charge is 2.33. The van der Waals surface area contributed by atoms with E-state index in [1.165, 1.54) is 4.90 Å². The maximum atomic E-state index is 14.0. The van der Waals surface area contributed by atoms with Crippen molar-refractivity contribution in [2.45, 2.75) is 32.9 Å². The summed E-state index contributed by atoms with van der Waals surface area (Å²) in [6, 6.07) is 21.7. The van der Waals surface area contributed by atoms with E-state index in [0.29, 0.717) is 27.8 Å². The number of amides is 2. The lowest BCUT2D eigenvalue weighted by Gasteiger charge is -2.34. The molecule has 2 amide bonds. The molecular weight excluding hydrogens is 557 g/mol. The van der Waals surface area contributed by atoms with Crippen LogP contribution in [0.5, 0.6) is 0 Å². The predicted molar refractivity (Wildman–Crippen MR) is 157 cm³/mol. The first-order valence-corrected chi connectivity index (χ1v) is 15.1. The van der Waals surface area contributed by atoms with Gasteiger partial charge >= 0.3 is 0 Å². The predicted octanol–water partition coefficient (Wildman–Crippen LogP) is 5.17. The molecule has 0 aliphatic heterocycles. The van der Waals surface area contributed by atoms with E-state index >= 15 is 0 Å². The Balaban J connectivity index is 2.08. The van der Waals surface area contributed by atoms with Crippen molar-refractivity contribution in [3.05, 3.63) is 100 Å². The molecule has 0 aliphatic carbocycles. The van der Waals surface area contributed by atoms with Gasteiger partial charge in [0.2, 0.25) is 21.8 Å². The van der Waals surface area contributed by atoms with Crippen LogP contribution in [0, 0.1) is 5.92 Å². The van der Waals surface area contributed by atoms with E-state index < -0.39 is 28.5 Å². The van der Waals surface area contributed by atoms with Crippen LogP contribution in [0.2, 0.25) is 10.0 Å². The van der Waals surface area contributed by atoms with Crippen molar-refractivity contribution in [1.29, 1.82) is 0 Å². The minimum absolute atomic E-state index is 0.0870. The quantitative estimate of drug-likeness (QED) is 0.315. The number of halogens is 2. The van der Waals surface area contributed by atoms with Gasteiger partial charge in [0.05, 0.1) is 11.9 Å². The number of rotatable bonds is 12. The van der Waals surface area contributed by atoms with Crippen LogP contribution in [0.3, 0.4) is 0 Å². The van der Waals surface area contributed by atoms with Gasteiger partial charge in [-0.3, -0.25) is 13.9 Å². The number of benzene rings is 3. The average molecular weight is 591 g/mol. The molecular formula is C29H33Cl2N3O4S. The van der Waals surface area contributed by atoms with E-state index in [2.05, 4.69) is 5.32 Å². The van der Waals surface area contributed by atoms with Crippen LogP contribution in [0.25, 0.3) is 0 Å². The minimum Gasteiger partial charge on any atom is -0.354 e. The lowest BCUT2D eigenvalue weighted by atomic mass is 10.0. The Morgan fingerprint density at radius 1 is 0.872 bits per heavy atom. The molecule has 7 nitrogen and oxygen atoms in total. The summed E-state index contributed by atoms with van der Waals surface area (Å²) in [6.45, 7) is 3.77. The van der Waals surface area contributed by atoms with Crippen LogP contribution >= 0.6 is 23.2 Å². The summed E-state index contributed by atoms with van der Waals surface area (Å²) >= 11 is 12.9. The summed E-state index contributed by atoms with van der Waals surface area (Å²) in [7, 11) is -3.83. The molecule has 0 aromatic heterocycles. The van der Waals surface area contributed by atoms with Crippen LogP contribution in [-0.4, -0.2) is 50.5 Å². The number of hydrogen-bond acceptors (Lipinski definition) is 4. The fourth-order valence-corrected chi connectivity index (χ4v) is 5.40. The highest BCUT2D eigenvalue weighted by Crippen LogP contribution is 2.28. The minimum atomic E-state index is -3.83. The maximum absolute atomic E-state index is 14.0. The fraction of sp³-hybridized carbons (Fsp3) is 0.310. The van der Waals surface area contributed by atoms with Gasteiger partial charge in [-0.15, -0.1) is 0 Å². The molecule has 0 bridgehead atoms. The lowest BCUT2D eigenvalue weighted by Crippen LogP contribution is -2.53. The number of nitrogens with one attached hydrogen (secondary N) is 1. The largest absolute Gasteiger partial charge is 0.354 e. The SMILES string of the molecule is CC(C)CNC(=O)[C@H](Cc1ccccc1)N(Cc1c(Cl)cccc1Cl)C(=O)CN(c1ccccc1)S(C)(=O)=O. The molecule has 0 fully saturated rings. The molecule has 3 aromatic rings. The molecule has 208 valence electrons. The van der Waals surface area contributed by atoms with E-state index in [9.17, 15) is 18.0 Å². The van der Waals surface area contributed by atoms with Gasteiger partial charge in [-0.05, 0) is 35.7 Å². The monoisotopic (exact) mass is 589 g/mol. The van der Waals surface area contributed by atoms with Crippen molar-refractivity contribution in [2.75, 3.05) is 23.7 Å². The number of anilines is 1. The van der Waals surface area contributed by atoms with Gasteiger partial charge in [-0.25, -0.2) is 8.42 Å². The number of carbonyl (C=O) groups excluding carboxylic acids is 2. The van der Waals surface area contributed by atoms with Gasteiger partial charge in [-0.2, -0.15) is 0 Å². The van der Waals surface area contributed by atoms with E-state index in [4.69, 9.17) is 23.2 Å². The van der Waals surface area contributed by atoms with E-state index in [0.717, 1.165) is 16.1 Å². The molecule has 39 heavy (non-hydrogen) atoms. The summed E-state index contributed by atoms with van der Waals surface area (Å²) in [5.41, 5.74) is 1.65. The zero-order chi connectivity index (χ0) is 28.6. The Morgan fingerprint density at radius 2 is 1.44 bits per heavy atom. The lowest BCUT2D eigenvalue weighted by molar-refractivity contribution is -0.140. The maximum Gasteiger partial charge on any atom is 0.244 e. The summed E-state index contributed by atoms with van der Waals surface area (Å²) in [6.07, 6.45) is 1.25. The zero-order valence-electron chi connectivity index (χ0n) is 22.2. The smallest absolute Gasteiger partial charge is 0.244 e. The van der Waals surface area contributed by atoms with E-state index in [-0.39, 0.29) is 24.8 Å². The first-order valence-electron chi connectivity index (χ1n) is 12.5. The van der Waals surface area contributed by atoms with Gasteiger partial charge in [-0.1, -0.05) is 91.6 Å². The highest BCUT2D eigenvalue weighted by atomic mass is 35.5. The molecule has 3 aromatic carbocycles. The van der Waals surface area contributed by atoms with Crippen LogP contribution in [-0.2, 0) is 32.6 Å².